The van der Waals surface area contributed by atoms with Crippen LogP contribution in [0.25, 0.3) is 0 Å². The molecule has 0 radical (unpaired) electrons. The summed E-state index contributed by atoms with van der Waals surface area (Å²) < 4.78 is 10.1. The fraction of sp³-hybridized carbons (Fsp3) is 0.300. The van der Waals surface area contributed by atoms with Gasteiger partial charge in [0.05, 0.1) is 12.9 Å². The molecule has 0 fully saturated rings. The first kappa shape index (κ1) is 9.34. The average Bonchev–Trinajstić information content (AvgIpc) is 2.65. The SMILES string of the molecule is O=C(C1=COCCC1)c1ccc(Cl)o1. The van der Waals surface area contributed by atoms with Crippen LogP contribution in [0.15, 0.2) is 28.4 Å². The molecular formula is C10H9ClO3. The predicted molar refractivity (Wildman–Crippen MR) is 51.3 cm³/mol. The normalized spacial score (nSPS) is 15.9. The number of halogens is 1. The van der Waals surface area contributed by atoms with E-state index in [2.05, 4.69) is 0 Å². The number of hydrogen-bond donors (Lipinski definition) is 0. The maximum Gasteiger partial charge on any atom is 0.227 e. The highest BCUT2D eigenvalue weighted by Crippen LogP contribution is 2.20. The van der Waals surface area contributed by atoms with Gasteiger partial charge in [-0.1, -0.05) is 0 Å². The van der Waals surface area contributed by atoms with E-state index in [0.717, 1.165) is 12.8 Å². The first-order valence-electron chi connectivity index (χ1n) is 4.38. The lowest BCUT2D eigenvalue weighted by molar-refractivity contribution is 0.0984. The minimum atomic E-state index is -0.142. The predicted octanol–water partition coefficient (Wildman–Crippen LogP) is 2.81. The summed E-state index contributed by atoms with van der Waals surface area (Å²) in [5.74, 6) is 0.128. The molecule has 4 heteroatoms. The lowest BCUT2D eigenvalue weighted by atomic mass is 10.0. The number of Topliss-reactive ketones (excluding diaryl/α,β-unsaturated/α-hetero) is 1. The van der Waals surface area contributed by atoms with Gasteiger partial charge in [-0.3, -0.25) is 4.79 Å². The molecule has 1 aromatic rings. The van der Waals surface area contributed by atoms with Crippen LogP contribution in [-0.4, -0.2) is 12.4 Å². The molecule has 0 amide bonds. The third-order valence-electron chi connectivity index (χ3n) is 2.02. The maximum absolute atomic E-state index is 11.7. The van der Waals surface area contributed by atoms with E-state index in [1.807, 2.05) is 0 Å². The molecule has 2 heterocycles. The standard InChI is InChI=1S/C10H9ClO3/c11-9-4-3-8(14-9)10(12)7-2-1-5-13-6-7/h3-4,6H,1-2,5H2. The van der Waals surface area contributed by atoms with Gasteiger partial charge in [0.25, 0.3) is 0 Å². The Labute approximate surface area is 86.3 Å². The van der Waals surface area contributed by atoms with Crippen LogP contribution in [0.3, 0.4) is 0 Å². The highest BCUT2D eigenvalue weighted by Gasteiger charge is 2.18. The van der Waals surface area contributed by atoms with Gasteiger partial charge in [0.2, 0.25) is 5.78 Å². The zero-order chi connectivity index (χ0) is 9.97. The minimum Gasteiger partial charge on any atom is -0.501 e. The van der Waals surface area contributed by atoms with Gasteiger partial charge in [0.15, 0.2) is 11.0 Å². The van der Waals surface area contributed by atoms with Crippen LogP contribution in [-0.2, 0) is 4.74 Å². The molecule has 0 bridgehead atoms. The number of rotatable bonds is 2. The summed E-state index contributed by atoms with van der Waals surface area (Å²) in [6, 6.07) is 3.12. The summed E-state index contributed by atoms with van der Waals surface area (Å²) in [5, 5.41) is 0.227. The number of carbonyl (C=O) groups excluding carboxylic acids is 1. The summed E-state index contributed by atoms with van der Waals surface area (Å²) in [6.07, 6.45) is 3.10. The Bertz CT molecular complexity index is 378. The van der Waals surface area contributed by atoms with E-state index in [0.29, 0.717) is 12.2 Å². The van der Waals surface area contributed by atoms with Gasteiger partial charge in [-0.15, -0.1) is 0 Å². The van der Waals surface area contributed by atoms with Crippen molar-refractivity contribution in [2.24, 2.45) is 0 Å². The van der Waals surface area contributed by atoms with E-state index in [-0.39, 0.29) is 16.8 Å². The molecule has 74 valence electrons. The molecule has 0 N–H and O–H groups in total. The lowest BCUT2D eigenvalue weighted by Crippen LogP contribution is -2.08. The largest absolute Gasteiger partial charge is 0.501 e. The van der Waals surface area contributed by atoms with Gasteiger partial charge >= 0.3 is 0 Å². The topological polar surface area (TPSA) is 39.4 Å². The number of furan rings is 1. The van der Waals surface area contributed by atoms with Gasteiger partial charge in [-0.05, 0) is 36.6 Å². The molecule has 0 atom stereocenters. The second kappa shape index (κ2) is 3.88. The molecule has 1 aromatic heterocycles. The van der Waals surface area contributed by atoms with Crippen molar-refractivity contribution < 1.29 is 13.9 Å². The van der Waals surface area contributed by atoms with Gasteiger partial charge in [0, 0.05) is 5.57 Å². The second-order valence-corrected chi connectivity index (χ2v) is 3.42. The number of ketones is 1. The van der Waals surface area contributed by atoms with Crippen molar-refractivity contribution in [1.82, 2.24) is 0 Å². The summed E-state index contributed by atoms with van der Waals surface area (Å²) in [5.41, 5.74) is 0.641. The van der Waals surface area contributed by atoms with Crippen LogP contribution in [0.2, 0.25) is 5.22 Å². The van der Waals surface area contributed by atoms with Crippen molar-refractivity contribution >= 4 is 17.4 Å². The molecule has 0 aromatic carbocycles. The fourth-order valence-electron chi connectivity index (χ4n) is 1.33. The van der Waals surface area contributed by atoms with Crippen LogP contribution < -0.4 is 0 Å². The van der Waals surface area contributed by atoms with Crippen molar-refractivity contribution in [3.8, 4) is 0 Å². The monoisotopic (exact) mass is 212 g/mol. The van der Waals surface area contributed by atoms with Crippen LogP contribution in [0, 0.1) is 0 Å². The molecule has 0 unspecified atom stereocenters. The lowest BCUT2D eigenvalue weighted by Gasteiger charge is -2.10. The number of ether oxygens (including phenoxy) is 1. The number of carbonyl (C=O) groups is 1. The summed E-state index contributed by atoms with van der Waals surface area (Å²) in [4.78, 5) is 11.7. The van der Waals surface area contributed by atoms with Crippen LogP contribution in [0.1, 0.15) is 23.4 Å². The molecule has 0 spiro atoms. The van der Waals surface area contributed by atoms with Crippen molar-refractivity contribution in [2.75, 3.05) is 6.61 Å². The molecule has 0 aliphatic carbocycles. The minimum absolute atomic E-state index is 0.142. The first-order valence-corrected chi connectivity index (χ1v) is 4.76. The Morgan fingerprint density at radius 2 is 2.29 bits per heavy atom. The third kappa shape index (κ3) is 1.82. The van der Waals surface area contributed by atoms with Crippen molar-refractivity contribution in [1.29, 1.82) is 0 Å². The zero-order valence-electron chi connectivity index (χ0n) is 7.46. The Kier molecular flexibility index (Phi) is 2.59. The van der Waals surface area contributed by atoms with E-state index in [1.54, 1.807) is 12.1 Å². The highest BCUT2D eigenvalue weighted by atomic mass is 35.5. The first-order chi connectivity index (χ1) is 6.77. The van der Waals surface area contributed by atoms with E-state index in [1.165, 1.54) is 6.26 Å². The summed E-state index contributed by atoms with van der Waals surface area (Å²) in [7, 11) is 0. The smallest absolute Gasteiger partial charge is 0.227 e. The quantitative estimate of drug-likeness (QED) is 0.708. The molecule has 3 nitrogen and oxygen atoms in total. The number of hydrogen-bond acceptors (Lipinski definition) is 3. The number of allylic oxidation sites excluding steroid dienone is 1. The third-order valence-corrected chi connectivity index (χ3v) is 2.23. The van der Waals surface area contributed by atoms with Gasteiger partial charge < -0.3 is 9.15 Å². The van der Waals surface area contributed by atoms with Gasteiger partial charge in [0.1, 0.15) is 0 Å². The summed E-state index contributed by atoms with van der Waals surface area (Å²) in [6.45, 7) is 0.676. The Hall–Kier alpha value is -1.22. The zero-order valence-corrected chi connectivity index (χ0v) is 8.21. The van der Waals surface area contributed by atoms with Crippen LogP contribution in [0.5, 0.6) is 0 Å². The molecule has 14 heavy (non-hydrogen) atoms. The Balaban J connectivity index is 2.19. The van der Waals surface area contributed by atoms with Crippen molar-refractivity contribution in [2.45, 2.75) is 12.8 Å². The second-order valence-electron chi connectivity index (χ2n) is 3.05. The Morgan fingerprint density at radius 3 is 2.86 bits per heavy atom. The highest BCUT2D eigenvalue weighted by molar-refractivity contribution is 6.29. The molecule has 1 aliphatic rings. The van der Waals surface area contributed by atoms with Gasteiger partial charge in [-0.25, -0.2) is 0 Å². The van der Waals surface area contributed by atoms with E-state index < -0.39 is 0 Å². The molecule has 2 rings (SSSR count). The van der Waals surface area contributed by atoms with Crippen molar-refractivity contribution in [3.63, 3.8) is 0 Å². The molecular weight excluding hydrogens is 204 g/mol. The fourth-order valence-corrected chi connectivity index (χ4v) is 1.47. The van der Waals surface area contributed by atoms with Crippen LogP contribution >= 0.6 is 11.6 Å². The van der Waals surface area contributed by atoms with E-state index in [4.69, 9.17) is 20.8 Å². The molecule has 0 saturated heterocycles. The average molecular weight is 213 g/mol. The maximum atomic E-state index is 11.7. The molecule has 0 saturated carbocycles. The summed E-state index contributed by atoms with van der Waals surface area (Å²) >= 11 is 5.57. The molecule has 1 aliphatic heterocycles. The van der Waals surface area contributed by atoms with E-state index in [9.17, 15) is 4.79 Å². The van der Waals surface area contributed by atoms with Crippen molar-refractivity contribution in [3.05, 3.63) is 34.9 Å². The Morgan fingerprint density at radius 1 is 1.43 bits per heavy atom. The van der Waals surface area contributed by atoms with Gasteiger partial charge in [-0.2, -0.15) is 0 Å². The van der Waals surface area contributed by atoms with Crippen LogP contribution in [0.4, 0.5) is 0 Å². The van der Waals surface area contributed by atoms with E-state index >= 15 is 0 Å².